The first-order valence-electron chi connectivity index (χ1n) is 12.2. The number of carbonyl (C=O) groups excluding carboxylic acids is 1. The van der Waals surface area contributed by atoms with Crippen LogP contribution in [0.3, 0.4) is 0 Å². The summed E-state index contributed by atoms with van der Waals surface area (Å²) in [4.78, 5) is 31.1. The standard InChI is InChI=1S/C27H27N7O2/c1-36-22-4-2-3-20(12-22)31-27(35)16-7-9-21(10-8-16)34-15-30-23-24(28)32-25(33-26(23)34)17-5-6-18-13-29-14-19(18)11-17/h2-6,11-13,15-16,21H,7-10,14H2,1H3,(H,31,35)(H2,28,32,33). The van der Waals surface area contributed by atoms with E-state index in [1.807, 2.05) is 42.6 Å². The van der Waals surface area contributed by atoms with E-state index in [1.54, 1.807) is 13.4 Å². The molecular formula is C27H27N7O2. The van der Waals surface area contributed by atoms with Gasteiger partial charge in [-0.1, -0.05) is 18.2 Å². The number of methoxy groups -OCH3 is 1. The van der Waals surface area contributed by atoms with E-state index in [9.17, 15) is 4.79 Å². The zero-order valence-electron chi connectivity index (χ0n) is 20.0. The van der Waals surface area contributed by atoms with Crippen LogP contribution in [0.15, 0.2) is 53.8 Å². The number of carbonyl (C=O) groups is 1. The number of benzene rings is 2. The number of hydrogen-bond donors (Lipinski definition) is 2. The van der Waals surface area contributed by atoms with Gasteiger partial charge in [-0.05, 0) is 55.0 Å². The lowest BCUT2D eigenvalue weighted by Gasteiger charge is -2.28. The molecule has 1 aliphatic carbocycles. The molecule has 2 aromatic heterocycles. The predicted octanol–water partition coefficient (Wildman–Crippen LogP) is 4.39. The van der Waals surface area contributed by atoms with E-state index >= 15 is 0 Å². The number of ether oxygens (including phenoxy) is 1. The van der Waals surface area contributed by atoms with E-state index in [-0.39, 0.29) is 17.9 Å². The van der Waals surface area contributed by atoms with E-state index in [0.29, 0.717) is 23.7 Å². The van der Waals surface area contributed by atoms with Crippen molar-refractivity contribution in [3.8, 4) is 17.1 Å². The van der Waals surface area contributed by atoms with E-state index in [0.717, 1.165) is 59.5 Å². The monoisotopic (exact) mass is 481 g/mol. The lowest BCUT2D eigenvalue weighted by Crippen LogP contribution is -2.28. The second-order valence-corrected chi connectivity index (χ2v) is 9.37. The van der Waals surface area contributed by atoms with Crippen LogP contribution < -0.4 is 15.8 Å². The molecule has 1 saturated carbocycles. The SMILES string of the molecule is COc1cccc(NC(=O)C2CCC(n3cnc4c(N)nc(-c5ccc6c(c5)CN=C6)nc43)CC2)c1. The van der Waals surface area contributed by atoms with Gasteiger partial charge in [-0.3, -0.25) is 9.79 Å². The Labute approximate surface area is 208 Å². The molecule has 9 heteroatoms. The molecule has 1 fully saturated rings. The summed E-state index contributed by atoms with van der Waals surface area (Å²) in [6, 6.07) is 13.8. The highest BCUT2D eigenvalue weighted by atomic mass is 16.5. The Balaban J connectivity index is 1.19. The van der Waals surface area contributed by atoms with Crippen LogP contribution in [0.5, 0.6) is 5.75 Å². The fourth-order valence-corrected chi connectivity index (χ4v) is 5.15. The highest BCUT2D eigenvalue weighted by Gasteiger charge is 2.29. The molecule has 3 heterocycles. The molecule has 1 aliphatic heterocycles. The van der Waals surface area contributed by atoms with Gasteiger partial charge >= 0.3 is 0 Å². The Kier molecular flexibility index (Phi) is 5.59. The minimum absolute atomic E-state index is 0.0360. The van der Waals surface area contributed by atoms with Gasteiger partial charge in [0.15, 0.2) is 17.3 Å². The van der Waals surface area contributed by atoms with Crippen molar-refractivity contribution in [3.63, 3.8) is 0 Å². The normalized spacial score (nSPS) is 18.8. The van der Waals surface area contributed by atoms with Crippen molar-refractivity contribution in [2.75, 3.05) is 18.2 Å². The largest absolute Gasteiger partial charge is 0.497 e. The maximum absolute atomic E-state index is 12.9. The Morgan fingerprint density at radius 3 is 2.81 bits per heavy atom. The number of hydrogen-bond acceptors (Lipinski definition) is 7. The van der Waals surface area contributed by atoms with Crippen LogP contribution in [-0.4, -0.2) is 38.8 Å². The lowest BCUT2D eigenvalue weighted by atomic mass is 9.85. The summed E-state index contributed by atoms with van der Waals surface area (Å²) in [5.74, 6) is 1.69. The number of nitrogen functional groups attached to an aromatic ring is 1. The molecule has 0 saturated heterocycles. The molecular weight excluding hydrogens is 454 g/mol. The molecule has 9 nitrogen and oxygen atoms in total. The van der Waals surface area contributed by atoms with Crippen LogP contribution in [-0.2, 0) is 11.3 Å². The Morgan fingerprint density at radius 1 is 1.11 bits per heavy atom. The first-order chi connectivity index (χ1) is 17.6. The predicted molar refractivity (Wildman–Crippen MR) is 139 cm³/mol. The van der Waals surface area contributed by atoms with Crippen LogP contribution in [0.4, 0.5) is 11.5 Å². The lowest BCUT2D eigenvalue weighted by molar-refractivity contribution is -0.120. The Morgan fingerprint density at radius 2 is 1.97 bits per heavy atom. The van der Waals surface area contributed by atoms with E-state index < -0.39 is 0 Å². The molecule has 0 radical (unpaired) electrons. The van der Waals surface area contributed by atoms with Gasteiger partial charge in [0.05, 0.1) is 20.0 Å². The fraction of sp³-hybridized carbons (Fsp3) is 0.296. The van der Waals surface area contributed by atoms with Crippen molar-refractivity contribution in [3.05, 3.63) is 59.9 Å². The van der Waals surface area contributed by atoms with Gasteiger partial charge in [0.2, 0.25) is 5.91 Å². The van der Waals surface area contributed by atoms with E-state index in [1.165, 1.54) is 0 Å². The number of rotatable bonds is 5. The third kappa shape index (κ3) is 4.06. The molecule has 0 bridgehead atoms. The highest BCUT2D eigenvalue weighted by Crippen LogP contribution is 2.35. The average Bonchev–Trinajstić information content (AvgIpc) is 3.56. The van der Waals surface area contributed by atoms with Gasteiger partial charge in [0.1, 0.15) is 11.3 Å². The maximum Gasteiger partial charge on any atom is 0.227 e. The molecule has 6 rings (SSSR count). The number of fused-ring (bicyclic) bond motifs is 2. The van der Waals surface area contributed by atoms with Gasteiger partial charge in [-0.15, -0.1) is 0 Å². The van der Waals surface area contributed by atoms with E-state index in [4.69, 9.17) is 15.5 Å². The number of nitrogens with one attached hydrogen (secondary N) is 1. The number of anilines is 2. The van der Waals surface area contributed by atoms with Crippen molar-refractivity contribution in [1.82, 2.24) is 19.5 Å². The van der Waals surface area contributed by atoms with Crippen LogP contribution >= 0.6 is 0 Å². The highest BCUT2D eigenvalue weighted by molar-refractivity contribution is 5.93. The summed E-state index contributed by atoms with van der Waals surface area (Å²) in [5, 5.41) is 3.03. The van der Waals surface area contributed by atoms with Gasteiger partial charge in [0, 0.05) is 35.5 Å². The smallest absolute Gasteiger partial charge is 0.227 e. The molecule has 182 valence electrons. The number of aromatic nitrogens is 4. The fourth-order valence-electron chi connectivity index (χ4n) is 5.15. The molecule has 4 aromatic rings. The van der Waals surface area contributed by atoms with Crippen LogP contribution in [0.1, 0.15) is 42.9 Å². The molecule has 0 atom stereocenters. The molecule has 1 amide bonds. The Hall–Kier alpha value is -4.27. The molecule has 0 spiro atoms. The maximum atomic E-state index is 12.9. The van der Waals surface area contributed by atoms with Crippen molar-refractivity contribution in [2.45, 2.75) is 38.3 Å². The first-order valence-corrected chi connectivity index (χ1v) is 12.2. The zero-order chi connectivity index (χ0) is 24.6. The minimum Gasteiger partial charge on any atom is -0.497 e. The summed E-state index contributed by atoms with van der Waals surface area (Å²) < 4.78 is 7.35. The third-order valence-electron chi connectivity index (χ3n) is 7.14. The number of aliphatic imine (C=N–C) groups is 1. The first kappa shape index (κ1) is 22.2. The van der Waals surface area contributed by atoms with Crippen molar-refractivity contribution in [1.29, 1.82) is 0 Å². The number of imidazole rings is 1. The van der Waals surface area contributed by atoms with Gasteiger partial charge < -0.3 is 20.4 Å². The zero-order valence-corrected chi connectivity index (χ0v) is 20.0. The van der Waals surface area contributed by atoms with Crippen LogP contribution in [0, 0.1) is 5.92 Å². The molecule has 2 aromatic carbocycles. The average molecular weight is 482 g/mol. The summed E-state index contributed by atoms with van der Waals surface area (Å²) >= 11 is 0. The quantitative estimate of drug-likeness (QED) is 0.436. The molecule has 0 unspecified atom stereocenters. The summed E-state index contributed by atoms with van der Waals surface area (Å²) in [6.07, 6.45) is 6.99. The van der Waals surface area contributed by atoms with Gasteiger partial charge in [-0.25, -0.2) is 15.0 Å². The summed E-state index contributed by atoms with van der Waals surface area (Å²) in [7, 11) is 1.62. The van der Waals surface area contributed by atoms with Gasteiger partial charge in [-0.2, -0.15) is 0 Å². The second kappa shape index (κ2) is 9.07. The summed E-state index contributed by atoms with van der Waals surface area (Å²) in [6.45, 7) is 0.674. The topological polar surface area (TPSA) is 120 Å². The molecule has 2 aliphatic rings. The second-order valence-electron chi connectivity index (χ2n) is 9.37. The van der Waals surface area contributed by atoms with Gasteiger partial charge in [0.25, 0.3) is 0 Å². The third-order valence-corrected chi connectivity index (χ3v) is 7.14. The number of nitrogens with two attached hydrogens (primary N) is 1. The van der Waals surface area contributed by atoms with Crippen LogP contribution in [0.25, 0.3) is 22.6 Å². The van der Waals surface area contributed by atoms with Crippen molar-refractivity contribution in [2.24, 2.45) is 10.9 Å². The van der Waals surface area contributed by atoms with Crippen LogP contribution in [0.2, 0.25) is 0 Å². The van der Waals surface area contributed by atoms with Crippen molar-refractivity contribution >= 4 is 34.8 Å². The Bertz CT molecular complexity index is 1490. The number of amides is 1. The minimum atomic E-state index is -0.0360. The summed E-state index contributed by atoms with van der Waals surface area (Å²) in [5.41, 5.74) is 11.6. The molecule has 3 N–H and O–H groups in total. The van der Waals surface area contributed by atoms with E-state index in [2.05, 4.69) is 30.9 Å². The van der Waals surface area contributed by atoms with Crippen molar-refractivity contribution < 1.29 is 9.53 Å². The molecule has 36 heavy (non-hydrogen) atoms. The number of nitrogens with zero attached hydrogens (tertiary/aromatic N) is 5.